The van der Waals surface area contributed by atoms with E-state index in [4.69, 9.17) is 9.47 Å². The molecule has 3 aromatic rings. The Morgan fingerprint density at radius 3 is 2.85 bits per heavy atom. The van der Waals surface area contributed by atoms with Crippen LogP contribution in [0.3, 0.4) is 0 Å². The molecule has 1 atom stereocenters. The van der Waals surface area contributed by atoms with Crippen LogP contribution in [0.15, 0.2) is 42.5 Å². The van der Waals surface area contributed by atoms with Gasteiger partial charge in [-0.25, -0.2) is 0 Å². The van der Waals surface area contributed by atoms with E-state index in [1.54, 1.807) is 13.2 Å². The molecule has 2 aromatic carbocycles. The first kappa shape index (κ1) is 17.5. The maximum Gasteiger partial charge on any atom is 0.258 e. The fourth-order valence-electron chi connectivity index (χ4n) is 3.82. The molecule has 0 radical (unpaired) electrons. The van der Waals surface area contributed by atoms with E-state index in [1.807, 2.05) is 18.2 Å². The van der Waals surface area contributed by atoms with Crippen molar-refractivity contribution < 1.29 is 14.3 Å². The van der Waals surface area contributed by atoms with Crippen LogP contribution in [-0.4, -0.2) is 30.6 Å². The number of methoxy groups -OCH3 is 1. The lowest BCUT2D eigenvalue weighted by atomic mass is 9.91. The van der Waals surface area contributed by atoms with Crippen LogP contribution in [0.5, 0.6) is 11.5 Å². The van der Waals surface area contributed by atoms with Gasteiger partial charge in [-0.15, -0.1) is 0 Å². The molecule has 0 fully saturated rings. The third-order valence-corrected chi connectivity index (χ3v) is 5.14. The van der Waals surface area contributed by atoms with Crippen LogP contribution in [0.4, 0.5) is 0 Å². The SMILES string of the molecule is COc1ccccc1OCC(=O)NC1CCc2c([nH]c3ccc(C)cc23)C1. The number of amides is 1. The average molecular weight is 364 g/mol. The lowest BCUT2D eigenvalue weighted by Crippen LogP contribution is -2.41. The lowest BCUT2D eigenvalue weighted by molar-refractivity contribution is -0.123. The van der Waals surface area contributed by atoms with Crippen molar-refractivity contribution in [2.45, 2.75) is 32.2 Å². The van der Waals surface area contributed by atoms with E-state index in [1.165, 1.54) is 27.7 Å². The number of benzene rings is 2. The first-order valence-electron chi connectivity index (χ1n) is 9.29. The topological polar surface area (TPSA) is 63.4 Å². The summed E-state index contributed by atoms with van der Waals surface area (Å²) >= 11 is 0. The number of carbonyl (C=O) groups excluding carboxylic acids is 1. The number of ether oxygens (including phenoxy) is 2. The minimum atomic E-state index is -0.110. The number of para-hydroxylation sites is 2. The quantitative estimate of drug-likeness (QED) is 0.728. The van der Waals surface area contributed by atoms with Gasteiger partial charge in [0.15, 0.2) is 18.1 Å². The molecule has 1 aliphatic rings. The molecule has 1 heterocycles. The summed E-state index contributed by atoms with van der Waals surface area (Å²) in [5.74, 6) is 1.09. The molecule has 2 N–H and O–H groups in total. The number of nitrogens with one attached hydrogen (secondary N) is 2. The molecular weight excluding hydrogens is 340 g/mol. The van der Waals surface area contributed by atoms with Crippen LogP contribution in [0, 0.1) is 6.92 Å². The summed E-state index contributed by atoms with van der Waals surface area (Å²) in [4.78, 5) is 15.8. The van der Waals surface area contributed by atoms with Crippen LogP contribution in [0.25, 0.3) is 10.9 Å². The van der Waals surface area contributed by atoms with E-state index in [2.05, 4.69) is 35.4 Å². The third-order valence-electron chi connectivity index (χ3n) is 5.14. The number of H-pyrrole nitrogens is 1. The standard InChI is InChI=1S/C22H24N2O3/c1-14-7-10-18-17(11-14)16-9-8-15(12-19(16)24-18)23-22(25)13-27-21-6-4-3-5-20(21)26-2/h3-7,10-11,15,24H,8-9,12-13H2,1-2H3,(H,23,25). The number of aryl methyl sites for hydroxylation is 2. The van der Waals surface area contributed by atoms with Crippen molar-refractivity contribution in [3.05, 3.63) is 59.3 Å². The Kier molecular flexibility index (Phi) is 4.75. The maximum atomic E-state index is 12.3. The van der Waals surface area contributed by atoms with Crippen LogP contribution < -0.4 is 14.8 Å². The predicted octanol–water partition coefficient (Wildman–Crippen LogP) is 3.54. The van der Waals surface area contributed by atoms with Gasteiger partial charge >= 0.3 is 0 Å². The maximum absolute atomic E-state index is 12.3. The van der Waals surface area contributed by atoms with Gasteiger partial charge < -0.3 is 19.8 Å². The van der Waals surface area contributed by atoms with Gasteiger partial charge in [-0.1, -0.05) is 23.8 Å². The van der Waals surface area contributed by atoms with Crippen LogP contribution >= 0.6 is 0 Å². The van der Waals surface area contributed by atoms with Crippen LogP contribution in [-0.2, 0) is 17.6 Å². The molecule has 0 saturated carbocycles. The van der Waals surface area contributed by atoms with E-state index in [0.717, 1.165) is 19.3 Å². The van der Waals surface area contributed by atoms with Gasteiger partial charge in [-0.2, -0.15) is 0 Å². The summed E-state index contributed by atoms with van der Waals surface area (Å²) in [6.07, 6.45) is 2.73. The zero-order valence-electron chi connectivity index (χ0n) is 15.7. The Morgan fingerprint density at radius 1 is 1.22 bits per heavy atom. The zero-order valence-corrected chi connectivity index (χ0v) is 15.7. The van der Waals surface area contributed by atoms with Crippen molar-refractivity contribution >= 4 is 16.8 Å². The molecule has 1 aliphatic carbocycles. The highest BCUT2D eigenvalue weighted by atomic mass is 16.5. The van der Waals surface area contributed by atoms with Gasteiger partial charge in [0, 0.05) is 29.1 Å². The number of carbonyl (C=O) groups is 1. The Bertz CT molecular complexity index is 977. The monoisotopic (exact) mass is 364 g/mol. The van der Waals surface area contributed by atoms with Crippen LogP contribution in [0.1, 0.15) is 23.2 Å². The number of hydrogen-bond acceptors (Lipinski definition) is 3. The second-order valence-corrected chi connectivity index (χ2v) is 7.08. The van der Waals surface area contributed by atoms with E-state index < -0.39 is 0 Å². The zero-order chi connectivity index (χ0) is 18.8. The molecule has 1 unspecified atom stereocenters. The Morgan fingerprint density at radius 2 is 2.04 bits per heavy atom. The van der Waals surface area contributed by atoms with Gasteiger partial charge in [-0.3, -0.25) is 4.79 Å². The highest BCUT2D eigenvalue weighted by Gasteiger charge is 2.23. The predicted molar refractivity (Wildman–Crippen MR) is 105 cm³/mol. The van der Waals surface area contributed by atoms with Gasteiger partial charge in [-0.05, 0) is 49.6 Å². The second-order valence-electron chi connectivity index (χ2n) is 7.08. The molecule has 1 amide bonds. The number of hydrogen-bond donors (Lipinski definition) is 2. The van der Waals surface area contributed by atoms with Crippen molar-refractivity contribution in [2.24, 2.45) is 0 Å². The van der Waals surface area contributed by atoms with E-state index in [-0.39, 0.29) is 18.6 Å². The van der Waals surface area contributed by atoms with E-state index in [9.17, 15) is 4.79 Å². The largest absolute Gasteiger partial charge is 0.493 e. The van der Waals surface area contributed by atoms with E-state index >= 15 is 0 Å². The molecule has 0 saturated heterocycles. The van der Waals surface area contributed by atoms with Gasteiger partial charge in [0.25, 0.3) is 5.91 Å². The first-order valence-corrected chi connectivity index (χ1v) is 9.29. The summed E-state index contributed by atoms with van der Waals surface area (Å²) in [7, 11) is 1.59. The lowest BCUT2D eigenvalue weighted by Gasteiger charge is -2.23. The van der Waals surface area contributed by atoms with Crippen molar-refractivity contribution in [1.29, 1.82) is 0 Å². The summed E-state index contributed by atoms with van der Waals surface area (Å²) in [6, 6.07) is 14.0. The smallest absolute Gasteiger partial charge is 0.258 e. The van der Waals surface area contributed by atoms with Gasteiger partial charge in [0.1, 0.15) is 0 Å². The Labute approximate surface area is 158 Å². The molecule has 4 rings (SSSR count). The molecule has 27 heavy (non-hydrogen) atoms. The summed E-state index contributed by atoms with van der Waals surface area (Å²) in [5.41, 5.74) is 5.08. The van der Waals surface area contributed by atoms with Gasteiger partial charge in [0.2, 0.25) is 0 Å². The molecule has 5 nitrogen and oxygen atoms in total. The fourth-order valence-corrected chi connectivity index (χ4v) is 3.82. The first-order chi connectivity index (χ1) is 13.1. The molecule has 0 bridgehead atoms. The summed E-state index contributed by atoms with van der Waals surface area (Å²) in [6.45, 7) is 2.10. The minimum Gasteiger partial charge on any atom is -0.493 e. The number of rotatable bonds is 5. The number of aromatic nitrogens is 1. The van der Waals surface area contributed by atoms with E-state index in [0.29, 0.717) is 11.5 Å². The summed E-state index contributed by atoms with van der Waals surface area (Å²) in [5, 5.41) is 4.41. The molecule has 5 heteroatoms. The van der Waals surface area contributed by atoms with Crippen molar-refractivity contribution in [3.63, 3.8) is 0 Å². The van der Waals surface area contributed by atoms with Crippen molar-refractivity contribution in [2.75, 3.05) is 13.7 Å². The molecular formula is C22H24N2O3. The van der Waals surface area contributed by atoms with Crippen molar-refractivity contribution in [3.8, 4) is 11.5 Å². The number of fused-ring (bicyclic) bond motifs is 3. The molecule has 140 valence electrons. The normalized spacial score (nSPS) is 16.0. The highest BCUT2D eigenvalue weighted by Crippen LogP contribution is 2.30. The van der Waals surface area contributed by atoms with Crippen LogP contribution in [0.2, 0.25) is 0 Å². The fraction of sp³-hybridized carbons (Fsp3) is 0.318. The van der Waals surface area contributed by atoms with Gasteiger partial charge in [0.05, 0.1) is 7.11 Å². The average Bonchev–Trinajstić information content (AvgIpc) is 3.03. The molecule has 0 spiro atoms. The summed E-state index contributed by atoms with van der Waals surface area (Å²) < 4.78 is 10.9. The Hall–Kier alpha value is -2.95. The molecule has 1 aromatic heterocycles. The molecule has 0 aliphatic heterocycles. The Balaban J connectivity index is 1.38. The highest BCUT2D eigenvalue weighted by molar-refractivity contribution is 5.86. The van der Waals surface area contributed by atoms with Crippen molar-refractivity contribution in [1.82, 2.24) is 10.3 Å². The number of aromatic amines is 1. The minimum absolute atomic E-state index is 0.0182. The second kappa shape index (κ2) is 7.35. The third kappa shape index (κ3) is 3.63.